The van der Waals surface area contributed by atoms with Crippen LogP contribution < -0.4 is 11.2 Å². The molecule has 6 nitrogen and oxygen atoms in total. The van der Waals surface area contributed by atoms with E-state index in [2.05, 4.69) is 10.5 Å². The number of nitrogens with two attached hydrogens (primary N) is 1. The summed E-state index contributed by atoms with van der Waals surface area (Å²) in [5.74, 6) is -0.241. The Balaban J connectivity index is 2.20. The van der Waals surface area contributed by atoms with E-state index in [9.17, 15) is 4.79 Å². The van der Waals surface area contributed by atoms with Crippen LogP contribution >= 0.6 is 0 Å². The smallest absolute Gasteiger partial charge is 0.286 e. The molecule has 0 unspecified atom stereocenters. The lowest BCUT2D eigenvalue weighted by Crippen LogP contribution is -2.36. The molecule has 0 aliphatic carbocycles. The molecule has 0 bridgehead atoms. The maximum absolute atomic E-state index is 11.7. The van der Waals surface area contributed by atoms with Crippen molar-refractivity contribution in [2.75, 3.05) is 19.8 Å². The topological polar surface area (TPSA) is 76.2 Å². The number of amides is 1. The van der Waals surface area contributed by atoms with Crippen LogP contribution in [0.3, 0.4) is 0 Å². The van der Waals surface area contributed by atoms with Gasteiger partial charge in [-0.1, -0.05) is 0 Å². The highest BCUT2D eigenvalue weighted by Crippen LogP contribution is 2.10. The van der Waals surface area contributed by atoms with Gasteiger partial charge in [0.25, 0.3) is 5.91 Å². The summed E-state index contributed by atoms with van der Waals surface area (Å²) in [4.78, 5) is 11.7. The van der Waals surface area contributed by atoms with Gasteiger partial charge in [-0.2, -0.15) is 5.10 Å². The van der Waals surface area contributed by atoms with Gasteiger partial charge in [0.15, 0.2) is 5.69 Å². The van der Waals surface area contributed by atoms with Gasteiger partial charge in [0.05, 0.1) is 5.69 Å². The van der Waals surface area contributed by atoms with E-state index in [1.54, 1.807) is 48.2 Å². The van der Waals surface area contributed by atoms with Crippen molar-refractivity contribution in [3.8, 4) is 5.69 Å². The number of carbonyl (C=O) groups is 1. The Kier molecular flexibility index (Phi) is 3.29. The lowest BCUT2D eigenvalue weighted by molar-refractivity contribution is 0.0851. The van der Waals surface area contributed by atoms with Crippen molar-refractivity contribution in [1.82, 2.24) is 20.2 Å². The third-order valence-electron chi connectivity index (χ3n) is 2.30. The van der Waals surface area contributed by atoms with E-state index in [0.29, 0.717) is 11.4 Å². The SMILES string of the molecule is CN(C)NC(=O)c1ccn(-c2ccc(N)cc2)n1. The van der Waals surface area contributed by atoms with E-state index < -0.39 is 0 Å². The summed E-state index contributed by atoms with van der Waals surface area (Å²) in [5, 5.41) is 5.77. The molecule has 1 aromatic carbocycles. The normalized spacial score (nSPS) is 10.6. The molecule has 6 heteroatoms. The Hall–Kier alpha value is -2.34. The van der Waals surface area contributed by atoms with Crippen molar-refractivity contribution in [1.29, 1.82) is 0 Å². The first-order valence-electron chi connectivity index (χ1n) is 5.46. The summed E-state index contributed by atoms with van der Waals surface area (Å²) in [5.41, 5.74) is 10.2. The first-order chi connectivity index (χ1) is 8.56. The molecule has 94 valence electrons. The number of anilines is 1. The van der Waals surface area contributed by atoms with Gasteiger partial charge >= 0.3 is 0 Å². The van der Waals surface area contributed by atoms with E-state index in [1.807, 2.05) is 12.1 Å². The first-order valence-corrected chi connectivity index (χ1v) is 5.46. The standard InChI is InChI=1S/C12H15N5O/c1-16(2)15-12(18)11-7-8-17(14-11)10-5-3-9(13)4-6-10/h3-8H,13H2,1-2H3,(H,15,18). The van der Waals surface area contributed by atoms with Gasteiger partial charge in [-0.05, 0) is 30.3 Å². The third-order valence-corrected chi connectivity index (χ3v) is 2.30. The van der Waals surface area contributed by atoms with Crippen LogP contribution in [0.5, 0.6) is 0 Å². The fourth-order valence-corrected chi connectivity index (χ4v) is 1.48. The summed E-state index contributed by atoms with van der Waals surface area (Å²) in [6.07, 6.45) is 1.73. The predicted molar refractivity (Wildman–Crippen MR) is 69.1 cm³/mol. The molecule has 2 rings (SSSR count). The quantitative estimate of drug-likeness (QED) is 0.615. The number of nitrogens with zero attached hydrogens (tertiary/aromatic N) is 3. The summed E-state index contributed by atoms with van der Waals surface area (Å²) >= 11 is 0. The minimum atomic E-state index is -0.241. The van der Waals surface area contributed by atoms with E-state index >= 15 is 0 Å². The minimum absolute atomic E-state index is 0.241. The average Bonchev–Trinajstić information content (AvgIpc) is 2.78. The zero-order chi connectivity index (χ0) is 13.1. The maximum atomic E-state index is 11.7. The Morgan fingerprint density at radius 1 is 1.28 bits per heavy atom. The fourth-order valence-electron chi connectivity index (χ4n) is 1.48. The molecule has 0 fully saturated rings. The summed E-state index contributed by atoms with van der Waals surface area (Å²) in [6.45, 7) is 0. The monoisotopic (exact) mass is 245 g/mol. The Morgan fingerprint density at radius 3 is 2.56 bits per heavy atom. The molecule has 18 heavy (non-hydrogen) atoms. The summed E-state index contributed by atoms with van der Waals surface area (Å²) in [6, 6.07) is 8.92. The molecule has 1 amide bonds. The van der Waals surface area contributed by atoms with Crippen LogP contribution in [0.4, 0.5) is 5.69 Å². The van der Waals surface area contributed by atoms with Gasteiger partial charge in [-0.3, -0.25) is 10.2 Å². The second kappa shape index (κ2) is 4.89. The highest BCUT2D eigenvalue weighted by molar-refractivity contribution is 5.91. The first kappa shape index (κ1) is 12.1. The fraction of sp³-hybridized carbons (Fsp3) is 0.167. The van der Waals surface area contributed by atoms with E-state index in [1.165, 1.54) is 0 Å². The Bertz CT molecular complexity index is 544. The number of nitrogen functional groups attached to an aromatic ring is 1. The van der Waals surface area contributed by atoms with Crippen molar-refractivity contribution in [2.24, 2.45) is 0 Å². The van der Waals surface area contributed by atoms with Crippen LogP contribution in [-0.4, -0.2) is 34.8 Å². The van der Waals surface area contributed by atoms with E-state index in [4.69, 9.17) is 5.73 Å². The summed E-state index contributed by atoms with van der Waals surface area (Å²) < 4.78 is 1.63. The molecule has 3 N–H and O–H groups in total. The number of hydrogen-bond donors (Lipinski definition) is 2. The van der Waals surface area contributed by atoms with Crippen molar-refractivity contribution in [2.45, 2.75) is 0 Å². The number of nitrogens with one attached hydrogen (secondary N) is 1. The van der Waals surface area contributed by atoms with Crippen LogP contribution in [0, 0.1) is 0 Å². The van der Waals surface area contributed by atoms with E-state index in [0.717, 1.165) is 5.69 Å². The number of rotatable bonds is 3. The predicted octanol–water partition coefficient (Wildman–Crippen LogP) is 0.661. The number of hydrogen-bond acceptors (Lipinski definition) is 4. The largest absolute Gasteiger partial charge is 0.399 e. The number of carbonyl (C=O) groups excluding carboxylic acids is 1. The zero-order valence-electron chi connectivity index (χ0n) is 10.3. The highest BCUT2D eigenvalue weighted by atomic mass is 16.2. The zero-order valence-corrected chi connectivity index (χ0v) is 10.3. The molecule has 0 spiro atoms. The number of aromatic nitrogens is 2. The molecule has 1 aromatic heterocycles. The number of benzene rings is 1. The lowest BCUT2D eigenvalue weighted by atomic mass is 10.3. The van der Waals surface area contributed by atoms with Gasteiger partial charge in [-0.15, -0.1) is 0 Å². The molecule has 2 aromatic rings. The van der Waals surface area contributed by atoms with Gasteiger partial charge in [-0.25, -0.2) is 9.69 Å². The van der Waals surface area contributed by atoms with Crippen LogP contribution in [-0.2, 0) is 0 Å². The van der Waals surface area contributed by atoms with Crippen molar-refractivity contribution in [3.63, 3.8) is 0 Å². The van der Waals surface area contributed by atoms with Crippen LogP contribution in [0.1, 0.15) is 10.5 Å². The molecule has 0 radical (unpaired) electrons. The molecule has 0 aliphatic rings. The van der Waals surface area contributed by atoms with Crippen LogP contribution in [0.25, 0.3) is 5.69 Å². The van der Waals surface area contributed by atoms with Crippen LogP contribution in [0.2, 0.25) is 0 Å². The van der Waals surface area contributed by atoms with Crippen LogP contribution in [0.15, 0.2) is 36.5 Å². The molecule has 0 atom stereocenters. The highest BCUT2D eigenvalue weighted by Gasteiger charge is 2.10. The Morgan fingerprint density at radius 2 is 1.94 bits per heavy atom. The second-order valence-corrected chi connectivity index (χ2v) is 4.07. The number of hydrazine groups is 1. The van der Waals surface area contributed by atoms with Gasteiger partial charge in [0.1, 0.15) is 0 Å². The summed E-state index contributed by atoms with van der Waals surface area (Å²) in [7, 11) is 3.49. The molecular weight excluding hydrogens is 230 g/mol. The molecule has 1 heterocycles. The average molecular weight is 245 g/mol. The van der Waals surface area contributed by atoms with E-state index in [-0.39, 0.29) is 5.91 Å². The van der Waals surface area contributed by atoms with Gasteiger partial charge < -0.3 is 5.73 Å². The molecular formula is C12H15N5O. The minimum Gasteiger partial charge on any atom is -0.399 e. The van der Waals surface area contributed by atoms with Crippen molar-refractivity contribution >= 4 is 11.6 Å². The Labute approximate surface area is 105 Å². The third kappa shape index (κ3) is 2.67. The van der Waals surface area contributed by atoms with Crippen molar-refractivity contribution < 1.29 is 4.79 Å². The van der Waals surface area contributed by atoms with Crippen molar-refractivity contribution in [3.05, 3.63) is 42.2 Å². The molecule has 0 saturated carbocycles. The maximum Gasteiger partial charge on any atom is 0.286 e. The molecule has 0 aliphatic heterocycles. The second-order valence-electron chi connectivity index (χ2n) is 4.07. The van der Waals surface area contributed by atoms with Gasteiger partial charge in [0, 0.05) is 26.0 Å². The molecule has 0 saturated heterocycles. The van der Waals surface area contributed by atoms with Gasteiger partial charge in [0.2, 0.25) is 0 Å². The lowest BCUT2D eigenvalue weighted by Gasteiger charge is -2.09.